The summed E-state index contributed by atoms with van der Waals surface area (Å²) in [4.78, 5) is 0. The smallest absolute Gasteiger partial charge is 0.168 e. The zero-order valence-electron chi connectivity index (χ0n) is 4.64. The van der Waals surface area contributed by atoms with Crippen LogP contribution in [0, 0.1) is 5.92 Å². The van der Waals surface area contributed by atoms with Crippen molar-refractivity contribution in [1.82, 2.24) is 0 Å². The molecule has 1 saturated carbocycles. The maximum Gasteiger partial charge on any atom is 0.168 e. The zero-order valence-corrected chi connectivity index (χ0v) is 4.64. The molecule has 0 bridgehead atoms. The van der Waals surface area contributed by atoms with E-state index >= 15 is 0 Å². The lowest BCUT2D eigenvalue weighted by molar-refractivity contribution is -0.111. The molecule has 0 heterocycles. The Hall–Kier alpha value is -0.0800. The molecule has 0 radical (unpaired) electrons. The molecule has 2 atom stereocenters. The minimum Gasteiger partial charge on any atom is -0.365 e. The number of aliphatic hydroxyl groups is 1. The first-order chi connectivity index (χ1) is 3.19. The van der Waals surface area contributed by atoms with Gasteiger partial charge in [-0.05, 0) is 0 Å². The average Bonchev–Trinajstić information content (AvgIpc) is 2.18. The van der Waals surface area contributed by atoms with E-state index in [2.05, 4.69) is 0 Å². The highest BCUT2D eigenvalue weighted by Crippen LogP contribution is 2.42. The Bertz CT molecular complexity index is 78.1. The van der Waals surface area contributed by atoms with Gasteiger partial charge in [0.1, 0.15) is 0 Å². The van der Waals surface area contributed by atoms with E-state index in [1.165, 1.54) is 7.11 Å². The van der Waals surface area contributed by atoms with Crippen molar-refractivity contribution in [2.75, 3.05) is 7.11 Å². The average molecular weight is 102 g/mol. The van der Waals surface area contributed by atoms with Crippen LogP contribution in [0.1, 0.15) is 13.3 Å². The van der Waals surface area contributed by atoms with E-state index in [0.717, 1.165) is 6.42 Å². The highest BCUT2D eigenvalue weighted by Gasteiger charge is 2.50. The van der Waals surface area contributed by atoms with E-state index < -0.39 is 5.79 Å². The number of hydrogen-bond acceptors (Lipinski definition) is 2. The van der Waals surface area contributed by atoms with E-state index in [9.17, 15) is 0 Å². The molecule has 0 aromatic rings. The highest BCUT2D eigenvalue weighted by molar-refractivity contribution is 4.91. The molecular formula is C5H10O2. The molecule has 1 N–H and O–H groups in total. The van der Waals surface area contributed by atoms with Gasteiger partial charge < -0.3 is 9.84 Å². The second-order valence-corrected chi connectivity index (χ2v) is 2.15. The monoisotopic (exact) mass is 102 g/mol. The lowest BCUT2D eigenvalue weighted by atomic mass is 10.5. The van der Waals surface area contributed by atoms with Crippen LogP contribution in [0.5, 0.6) is 0 Å². The normalized spacial score (nSPS) is 49.3. The number of methoxy groups -OCH3 is 1. The lowest BCUT2D eigenvalue weighted by Gasteiger charge is -2.02. The molecule has 0 aromatic carbocycles. The van der Waals surface area contributed by atoms with Crippen molar-refractivity contribution in [1.29, 1.82) is 0 Å². The molecule has 2 heteroatoms. The van der Waals surface area contributed by atoms with Crippen LogP contribution in [0.4, 0.5) is 0 Å². The van der Waals surface area contributed by atoms with E-state index in [4.69, 9.17) is 9.84 Å². The molecule has 0 amide bonds. The van der Waals surface area contributed by atoms with Gasteiger partial charge in [-0.15, -0.1) is 0 Å². The summed E-state index contributed by atoms with van der Waals surface area (Å²) < 4.78 is 4.72. The van der Waals surface area contributed by atoms with Crippen LogP contribution >= 0.6 is 0 Å². The third-order valence-electron chi connectivity index (χ3n) is 1.56. The van der Waals surface area contributed by atoms with Crippen molar-refractivity contribution in [2.45, 2.75) is 19.1 Å². The molecule has 42 valence electrons. The van der Waals surface area contributed by atoms with Crippen LogP contribution < -0.4 is 0 Å². The summed E-state index contributed by atoms with van der Waals surface area (Å²) in [5.74, 6) is -0.405. The van der Waals surface area contributed by atoms with Crippen molar-refractivity contribution in [3.63, 3.8) is 0 Å². The van der Waals surface area contributed by atoms with Crippen molar-refractivity contribution in [3.8, 4) is 0 Å². The van der Waals surface area contributed by atoms with Gasteiger partial charge in [-0.1, -0.05) is 6.92 Å². The maximum atomic E-state index is 8.98. The SMILES string of the molecule is CO[C@]1(O)C[C@@H]1C. The van der Waals surface area contributed by atoms with Gasteiger partial charge >= 0.3 is 0 Å². The van der Waals surface area contributed by atoms with Gasteiger partial charge in [0.15, 0.2) is 5.79 Å². The van der Waals surface area contributed by atoms with Crippen LogP contribution in [0.3, 0.4) is 0 Å². The Balaban J connectivity index is 2.36. The quantitative estimate of drug-likeness (QED) is 0.484. The topological polar surface area (TPSA) is 29.5 Å². The first-order valence-corrected chi connectivity index (χ1v) is 2.46. The Morgan fingerprint density at radius 1 is 1.86 bits per heavy atom. The predicted octanol–water partition coefficient (Wildman–Crippen LogP) is 0.361. The molecule has 1 fully saturated rings. The number of rotatable bonds is 1. The van der Waals surface area contributed by atoms with E-state index in [0.29, 0.717) is 5.92 Å². The standard InChI is InChI=1S/C5H10O2/c1-4-3-5(4,6)7-2/h4,6H,3H2,1-2H3/t4-,5+/m0/s1. The maximum absolute atomic E-state index is 8.98. The Kier molecular flexibility index (Phi) is 0.869. The van der Waals surface area contributed by atoms with E-state index in [-0.39, 0.29) is 0 Å². The molecular weight excluding hydrogens is 92.1 g/mol. The van der Waals surface area contributed by atoms with Gasteiger partial charge in [0.2, 0.25) is 0 Å². The summed E-state index contributed by atoms with van der Waals surface area (Å²) in [6.07, 6.45) is 0.795. The predicted molar refractivity (Wildman–Crippen MR) is 25.7 cm³/mol. The molecule has 0 saturated heterocycles. The Morgan fingerprint density at radius 3 is 2.29 bits per heavy atom. The van der Waals surface area contributed by atoms with Gasteiger partial charge in [-0.2, -0.15) is 0 Å². The van der Waals surface area contributed by atoms with Gasteiger partial charge in [0, 0.05) is 19.4 Å². The fourth-order valence-electron chi connectivity index (χ4n) is 0.664. The van der Waals surface area contributed by atoms with Crippen molar-refractivity contribution < 1.29 is 9.84 Å². The first kappa shape index (κ1) is 5.06. The van der Waals surface area contributed by atoms with E-state index in [1.54, 1.807) is 0 Å². The Labute approximate surface area is 43.1 Å². The lowest BCUT2D eigenvalue weighted by Crippen LogP contribution is -2.11. The largest absolute Gasteiger partial charge is 0.365 e. The molecule has 2 nitrogen and oxygen atoms in total. The van der Waals surface area contributed by atoms with Gasteiger partial charge in [0.05, 0.1) is 0 Å². The first-order valence-electron chi connectivity index (χ1n) is 2.46. The zero-order chi connectivity index (χ0) is 5.49. The molecule has 1 aliphatic carbocycles. The van der Waals surface area contributed by atoms with Crippen molar-refractivity contribution in [3.05, 3.63) is 0 Å². The van der Waals surface area contributed by atoms with Gasteiger partial charge in [-0.25, -0.2) is 0 Å². The molecule has 0 unspecified atom stereocenters. The number of hydrogen-bond donors (Lipinski definition) is 1. The summed E-state index contributed by atoms with van der Waals surface area (Å²) in [7, 11) is 1.53. The summed E-state index contributed by atoms with van der Waals surface area (Å²) in [5, 5.41) is 8.98. The minimum absolute atomic E-state index is 0.345. The molecule has 7 heavy (non-hydrogen) atoms. The Morgan fingerprint density at radius 2 is 2.29 bits per heavy atom. The fraction of sp³-hybridized carbons (Fsp3) is 1.00. The fourth-order valence-corrected chi connectivity index (χ4v) is 0.664. The highest BCUT2D eigenvalue weighted by atomic mass is 16.6. The molecule has 0 aromatic heterocycles. The molecule has 1 aliphatic rings. The summed E-state index contributed by atoms with van der Waals surface area (Å²) >= 11 is 0. The van der Waals surface area contributed by atoms with Crippen LogP contribution in [-0.4, -0.2) is 18.0 Å². The van der Waals surface area contributed by atoms with Crippen molar-refractivity contribution >= 4 is 0 Å². The molecule has 0 spiro atoms. The molecule has 0 aliphatic heterocycles. The summed E-state index contributed by atoms with van der Waals surface area (Å²) in [5.41, 5.74) is 0. The third-order valence-corrected chi connectivity index (χ3v) is 1.56. The van der Waals surface area contributed by atoms with Crippen LogP contribution in [-0.2, 0) is 4.74 Å². The third kappa shape index (κ3) is 0.640. The van der Waals surface area contributed by atoms with Crippen LogP contribution in [0.2, 0.25) is 0 Å². The second kappa shape index (κ2) is 1.20. The summed E-state index contributed by atoms with van der Waals surface area (Å²) in [6.45, 7) is 1.96. The second-order valence-electron chi connectivity index (χ2n) is 2.15. The van der Waals surface area contributed by atoms with Crippen LogP contribution in [0.25, 0.3) is 0 Å². The van der Waals surface area contributed by atoms with Gasteiger partial charge in [-0.3, -0.25) is 0 Å². The van der Waals surface area contributed by atoms with Crippen LogP contribution in [0.15, 0.2) is 0 Å². The minimum atomic E-state index is -0.750. The number of ether oxygens (including phenoxy) is 1. The van der Waals surface area contributed by atoms with E-state index in [1.807, 2.05) is 6.92 Å². The summed E-state index contributed by atoms with van der Waals surface area (Å²) in [6, 6.07) is 0. The van der Waals surface area contributed by atoms with Crippen molar-refractivity contribution in [2.24, 2.45) is 5.92 Å². The van der Waals surface area contributed by atoms with Gasteiger partial charge in [0.25, 0.3) is 0 Å². The molecule has 1 rings (SSSR count).